The van der Waals surface area contributed by atoms with Gasteiger partial charge >= 0.3 is 0 Å². The van der Waals surface area contributed by atoms with Crippen LogP contribution in [0.25, 0.3) is 0 Å². The van der Waals surface area contributed by atoms with Gasteiger partial charge in [0, 0.05) is 15.5 Å². The quantitative estimate of drug-likeness (QED) is 0.447. The molecule has 1 aromatic carbocycles. The molecular formula is C8H5ClS. The van der Waals surface area contributed by atoms with Crippen LogP contribution in [0.4, 0.5) is 0 Å². The number of terminal acetylenes is 1. The molecule has 0 heterocycles. The summed E-state index contributed by atoms with van der Waals surface area (Å²) in [6, 6.07) is 5.25. The molecule has 0 aromatic heterocycles. The molecule has 1 rings (SSSR count). The Morgan fingerprint density at radius 1 is 1.50 bits per heavy atom. The van der Waals surface area contributed by atoms with Gasteiger partial charge in [0.05, 0.1) is 0 Å². The third-order valence-electron chi connectivity index (χ3n) is 1.11. The summed E-state index contributed by atoms with van der Waals surface area (Å²) in [4.78, 5) is 0.784. The van der Waals surface area contributed by atoms with E-state index in [-0.39, 0.29) is 0 Å². The van der Waals surface area contributed by atoms with Crippen molar-refractivity contribution in [1.29, 1.82) is 0 Å². The molecule has 0 atom stereocenters. The van der Waals surface area contributed by atoms with Gasteiger partial charge in [0.15, 0.2) is 0 Å². The molecule has 50 valence electrons. The summed E-state index contributed by atoms with van der Waals surface area (Å²) in [5.74, 6) is 2.48. The zero-order valence-electron chi connectivity index (χ0n) is 5.13. The maximum Gasteiger partial charge on any atom is 0.0419 e. The second kappa shape index (κ2) is 3.01. The van der Waals surface area contributed by atoms with Crippen molar-refractivity contribution < 1.29 is 0 Å². The number of thiol groups is 1. The molecule has 0 aliphatic heterocycles. The minimum atomic E-state index is 0.644. The van der Waals surface area contributed by atoms with Gasteiger partial charge in [0.1, 0.15) is 0 Å². The van der Waals surface area contributed by atoms with Crippen LogP contribution in [0.5, 0.6) is 0 Å². The number of rotatable bonds is 0. The van der Waals surface area contributed by atoms with Crippen molar-refractivity contribution in [3.63, 3.8) is 0 Å². The Morgan fingerprint density at radius 2 is 2.20 bits per heavy atom. The highest BCUT2D eigenvalue weighted by Crippen LogP contribution is 2.17. The Bertz CT molecular complexity index is 286. The molecule has 0 spiro atoms. The van der Waals surface area contributed by atoms with Crippen LogP contribution < -0.4 is 0 Å². The Labute approximate surface area is 70.6 Å². The molecule has 10 heavy (non-hydrogen) atoms. The van der Waals surface area contributed by atoms with Crippen molar-refractivity contribution in [2.75, 3.05) is 0 Å². The maximum absolute atomic E-state index is 5.67. The van der Waals surface area contributed by atoms with Gasteiger partial charge in [-0.3, -0.25) is 0 Å². The van der Waals surface area contributed by atoms with Crippen molar-refractivity contribution in [1.82, 2.24) is 0 Å². The molecule has 1 aromatic rings. The lowest BCUT2D eigenvalue weighted by Crippen LogP contribution is -1.75. The molecule has 0 saturated heterocycles. The number of hydrogen-bond donors (Lipinski definition) is 1. The standard InChI is InChI=1S/C8H5ClS/c1-2-6-5-7(9)3-4-8(6)10/h1,3-5,10H. The minimum absolute atomic E-state index is 0.644. The molecule has 0 radical (unpaired) electrons. The van der Waals surface area contributed by atoms with Crippen molar-refractivity contribution in [2.45, 2.75) is 4.90 Å². The van der Waals surface area contributed by atoms with Crippen LogP contribution in [0.1, 0.15) is 5.56 Å². The Kier molecular flexibility index (Phi) is 2.26. The highest BCUT2D eigenvalue weighted by Gasteiger charge is 1.94. The molecule has 0 N–H and O–H groups in total. The summed E-state index contributed by atoms with van der Waals surface area (Å²) in [5, 5.41) is 0.644. The third kappa shape index (κ3) is 1.47. The lowest BCUT2D eigenvalue weighted by Gasteiger charge is -1.95. The Morgan fingerprint density at radius 3 is 2.70 bits per heavy atom. The van der Waals surface area contributed by atoms with E-state index in [9.17, 15) is 0 Å². The lowest BCUT2D eigenvalue weighted by molar-refractivity contribution is 1.43. The molecule has 0 nitrogen and oxygen atoms in total. The van der Waals surface area contributed by atoms with E-state index in [1.807, 2.05) is 0 Å². The number of halogens is 1. The summed E-state index contributed by atoms with van der Waals surface area (Å²) in [5.41, 5.74) is 0.732. The van der Waals surface area contributed by atoms with E-state index in [4.69, 9.17) is 18.0 Å². The predicted octanol–water partition coefficient (Wildman–Crippen LogP) is 2.61. The van der Waals surface area contributed by atoms with Gasteiger partial charge in [-0.25, -0.2) is 0 Å². The first-order valence-corrected chi connectivity index (χ1v) is 3.51. The van der Waals surface area contributed by atoms with Crippen LogP contribution in [0, 0.1) is 12.3 Å². The topological polar surface area (TPSA) is 0 Å². The number of hydrogen-bond acceptors (Lipinski definition) is 1. The summed E-state index contributed by atoms with van der Waals surface area (Å²) >= 11 is 9.79. The van der Waals surface area contributed by atoms with Gasteiger partial charge in [-0.05, 0) is 18.2 Å². The van der Waals surface area contributed by atoms with Gasteiger partial charge < -0.3 is 0 Å². The SMILES string of the molecule is C#Cc1cc(Cl)ccc1S. The average Bonchev–Trinajstić information content (AvgIpc) is 1.94. The second-order valence-electron chi connectivity index (χ2n) is 1.81. The van der Waals surface area contributed by atoms with E-state index < -0.39 is 0 Å². The largest absolute Gasteiger partial charge is 0.142 e. The summed E-state index contributed by atoms with van der Waals surface area (Å²) < 4.78 is 0. The van der Waals surface area contributed by atoms with E-state index in [0.717, 1.165) is 10.5 Å². The number of benzene rings is 1. The second-order valence-corrected chi connectivity index (χ2v) is 2.72. The fourth-order valence-corrected chi connectivity index (χ4v) is 1.000. The van der Waals surface area contributed by atoms with Crippen LogP contribution >= 0.6 is 24.2 Å². The van der Waals surface area contributed by atoms with Crippen LogP contribution in [0.15, 0.2) is 23.1 Å². The molecule has 0 fully saturated rings. The first-order valence-electron chi connectivity index (χ1n) is 2.69. The third-order valence-corrected chi connectivity index (χ3v) is 1.74. The Balaban J connectivity index is 3.25. The first kappa shape index (κ1) is 7.53. The van der Waals surface area contributed by atoms with Gasteiger partial charge in [-0.1, -0.05) is 17.5 Å². The monoisotopic (exact) mass is 168 g/mol. The van der Waals surface area contributed by atoms with E-state index in [2.05, 4.69) is 18.5 Å². The molecular weight excluding hydrogens is 164 g/mol. The smallest absolute Gasteiger partial charge is 0.0419 e. The lowest BCUT2D eigenvalue weighted by atomic mass is 10.2. The molecule has 0 saturated carbocycles. The van der Waals surface area contributed by atoms with E-state index in [0.29, 0.717) is 5.02 Å². The van der Waals surface area contributed by atoms with E-state index >= 15 is 0 Å². The van der Waals surface area contributed by atoms with Crippen molar-refractivity contribution in [3.05, 3.63) is 28.8 Å². The van der Waals surface area contributed by atoms with Crippen LogP contribution in [-0.4, -0.2) is 0 Å². The highest BCUT2D eigenvalue weighted by molar-refractivity contribution is 7.80. The van der Waals surface area contributed by atoms with Gasteiger partial charge in [0.2, 0.25) is 0 Å². The first-order chi connectivity index (χ1) is 4.74. The fourth-order valence-electron chi connectivity index (χ4n) is 0.624. The van der Waals surface area contributed by atoms with E-state index in [1.165, 1.54) is 0 Å². The molecule has 2 heteroatoms. The molecule has 0 amide bonds. The molecule has 0 aliphatic rings. The fraction of sp³-hybridized carbons (Fsp3) is 0. The van der Waals surface area contributed by atoms with Gasteiger partial charge in [-0.2, -0.15) is 0 Å². The van der Waals surface area contributed by atoms with E-state index in [1.54, 1.807) is 18.2 Å². The van der Waals surface area contributed by atoms with Crippen molar-refractivity contribution in [2.24, 2.45) is 0 Å². The average molecular weight is 169 g/mol. The molecule has 0 bridgehead atoms. The predicted molar refractivity (Wildman–Crippen MR) is 46.6 cm³/mol. The normalized spacial score (nSPS) is 8.90. The zero-order valence-corrected chi connectivity index (χ0v) is 6.78. The minimum Gasteiger partial charge on any atom is -0.142 e. The van der Waals surface area contributed by atoms with Gasteiger partial charge in [-0.15, -0.1) is 19.1 Å². The summed E-state index contributed by atoms with van der Waals surface area (Å²) in [6.45, 7) is 0. The van der Waals surface area contributed by atoms with Crippen LogP contribution in [0.2, 0.25) is 5.02 Å². The van der Waals surface area contributed by atoms with Crippen molar-refractivity contribution >= 4 is 24.2 Å². The zero-order chi connectivity index (χ0) is 7.56. The Hall–Kier alpha value is -0.580. The summed E-state index contributed by atoms with van der Waals surface area (Å²) in [6.07, 6.45) is 5.16. The van der Waals surface area contributed by atoms with Gasteiger partial charge in [0.25, 0.3) is 0 Å². The maximum atomic E-state index is 5.67. The highest BCUT2D eigenvalue weighted by atomic mass is 35.5. The van der Waals surface area contributed by atoms with Crippen LogP contribution in [-0.2, 0) is 0 Å². The van der Waals surface area contributed by atoms with Crippen molar-refractivity contribution in [3.8, 4) is 12.3 Å². The molecule has 0 unspecified atom stereocenters. The van der Waals surface area contributed by atoms with Crippen LogP contribution in [0.3, 0.4) is 0 Å². The molecule has 0 aliphatic carbocycles. The summed E-state index contributed by atoms with van der Waals surface area (Å²) in [7, 11) is 0.